The molecular weight excluding hydrogens is 560 g/mol. The van der Waals surface area contributed by atoms with Gasteiger partial charge in [-0.05, 0) is 39.7 Å². The molecule has 0 saturated carbocycles. The van der Waals surface area contributed by atoms with E-state index in [-0.39, 0.29) is 34.0 Å². The molecule has 0 aliphatic carbocycles. The number of hydrogen-bond acceptors (Lipinski definition) is 6. The van der Waals surface area contributed by atoms with Crippen molar-refractivity contribution in [3.8, 4) is 0 Å². The number of halogens is 6. The van der Waals surface area contributed by atoms with Crippen molar-refractivity contribution in [1.29, 1.82) is 0 Å². The standard InChI is InChI=1S/C17H14BrCl2F3N6O2S/c1-29-15(17(21,22)23)14(27-28-29)8-25-16-12(18)5-11(7-24-16)32(30,31)26-6-9-2-3-10(19)4-13(9)20/h2-5,7,26H,6,8H2,1H3,(H,24,25). The Bertz CT molecular complexity index is 1250. The van der Waals surface area contributed by atoms with E-state index in [0.717, 1.165) is 13.2 Å². The second kappa shape index (κ2) is 9.51. The highest BCUT2D eigenvalue weighted by atomic mass is 79.9. The van der Waals surface area contributed by atoms with Crippen molar-refractivity contribution >= 4 is 55.0 Å². The SMILES string of the molecule is Cn1nnc(CNc2ncc(S(=O)(=O)NCc3ccc(Cl)cc3Cl)cc2Br)c1C(F)(F)F. The number of aryl methyl sites for hydroxylation is 1. The van der Waals surface area contributed by atoms with Gasteiger partial charge in [0.25, 0.3) is 0 Å². The second-order valence-electron chi connectivity index (χ2n) is 6.42. The van der Waals surface area contributed by atoms with E-state index < -0.39 is 21.9 Å². The Kier molecular flexibility index (Phi) is 7.34. The van der Waals surface area contributed by atoms with E-state index in [4.69, 9.17) is 23.2 Å². The van der Waals surface area contributed by atoms with Gasteiger partial charge in [0.15, 0.2) is 5.69 Å². The van der Waals surface area contributed by atoms with Gasteiger partial charge in [-0.25, -0.2) is 22.8 Å². The summed E-state index contributed by atoms with van der Waals surface area (Å²) >= 11 is 15.0. The van der Waals surface area contributed by atoms with Gasteiger partial charge in [0, 0.05) is 29.8 Å². The molecule has 0 aliphatic heterocycles. The molecule has 0 saturated heterocycles. The number of aromatic nitrogens is 4. The third-order valence-electron chi connectivity index (χ3n) is 4.18. The molecule has 32 heavy (non-hydrogen) atoms. The van der Waals surface area contributed by atoms with Gasteiger partial charge in [0.05, 0.1) is 11.0 Å². The van der Waals surface area contributed by atoms with E-state index >= 15 is 0 Å². The third-order valence-corrected chi connectivity index (χ3v) is 6.74. The maximum absolute atomic E-state index is 13.1. The Morgan fingerprint density at radius 3 is 2.53 bits per heavy atom. The quantitative estimate of drug-likeness (QED) is 0.435. The van der Waals surface area contributed by atoms with Crippen LogP contribution in [0.25, 0.3) is 0 Å². The van der Waals surface area contributed by atoms with Crippen molar-refractivity contribution in [2.75, 3.05) is 5.32 Å². The van der Waals surface area contributed by atoms with E-state index in [1.54, 1.807) is 12.1 Å². The molecule has 172 valence electrons. The van der Waals surface area contributed by atoms with Crippen LogP contribution < -0.4 is 10.0 Å². The average Bonchev–Trinajstić information content (AvgIpc) is 3.07. The van der Waals surface area contributed by atoms with Crippen molar-refractivity contribution in [2.24, 2.45) is 7.05 Å². The van der Waals surface area contributed by atoms with E-state index in [0.29, 0.717) is 20.3 Å². The molecule has 2 heterocycles. The number of rotatable bonds is 7. The predicted molar refractivity (Wildman–Crippen MR) is 116 cm³/mol. The molecule has 1 aromatic carbocycles. The van der Waals surface area contributed by atoms with Gasteiger partial charge in [0.1, 0.15) is 16.4 Å². The minimum Gasteiger partial charge on any atom is -0.363 e. The molecule has 0 unspecified atom stereocenters. The molecule has 0 spiro atoms. The normalized spacial score (nSPS) is 12.2. The predicted octanol–water partition coefficient (Wildman–Crippen LogP) is 4.39. The molecule has 0 atom stereocenters. The van der Waals surface area contributed by atoms with Crippen molar-refractivity contribution in [3.63, 3.8) is 0 Å². The highest BCUT2D eigenvalue weighted by molar-refractivity contribution is 9.10. The number of alkyl halides is 3. The maximum atomic E-state index is 13.1. The van der Waals surface area contributed by atoms with Crippen LogP contribution in [0, 0.1) is 0 Å². The largest absolute Gasteiger partial charge is 0.434 e. The minimum absolute atomic E-state index is 0.0805. The number of nitrogens with zero attached hydrogens (tertiary/aromatic N) is 4. The van der Waals surface area contributed by atoms with Crippen LogP contribution in [0.15, 0.2) is 39.8 Å². The van der Waals surface area contributed by atoms with Crippen LogP contribution in [0.3, 0.4) is 0 Å². The summed E-state index contributed by atoms with van der Waals surface area (Å²) in [5.41, 5.74) is -0.799. The smallest absolute Gasteiger partial charge is 0.363 e. The molecule has 0 amide bonds. The van der Waals surface area contributed by atoms with Crippen LogP contribution in [-0.2, 0) is 36.3 Å². The molecule has 2 N–H and O–H groups in total. The summed E-state index contributed by atoms with van der Waals surface area (Å²) in [5.74, 6) is 0.128. The van der Waals surface area contributed by atoms with Crippen molar-refractivity contribution in [3.05, 3.63) is 61.9 Å². The Labute approximate surface area is 199 Å². The Morgan fingerprint density at radius 1 is 1.19 bits per heavy atom. The zero-order valence-corrected chi connectivity index (χ0v) is 20.0. The zero-order chi connectivity index (χ0) is 23.7. The van der Waals surface area contributed by atoms with E-state index in [1.807, 2.05) is 0 Å². The first-order chi connectivity index (χ1) is 14.9. The minimum atomic E-state index is -4.63. The molecule has 15 heteroatoms. The van der Waals surface area contributed by atoms with Gasteiger partial charge >= 0.3 is 6.18 Å². The molecule has 3 rings (SSSR count). The fraction of sp³-hybridized carbons (Fsp3) is 0.235. The number of benzene rings is 1. The number of nitrogens with one attached hydrogen (secondary N) is 2. The summed E-state index contributed by atoms with van der Waals surface area (Å²) in [6, 6.07) is 5.93. The maximum Gasteiger partial charge on any atom is 0.434 e. The number of hydrogen-bond donors (Lipinski definition) is 2. The van der Waals surface area contributed by atoms with E-state index in [1.165, 1.54) is 12.1 Å². The number of sulfonamides is 1. The van der Waals surface area contributed by atoms with Crippen LogP contribution >= 0.6 is 39.1 Å². The van der Waals surface area contributed by atoms with Gasteiger partial charge < -0.3 is 5.32 Å². The summed E-state index contributed by atoms with van der Waals surface area (Å²) in [6.07, 6.45) is -3.56. The van der Waals surface area contributed by atoms with E-state index in [2.05, 4.69) is 41.3 Å². The molecular formula is C17H14BrCl2F3N6O2S. The third kappa shape index (κ3) is 5.70. The van der Waals surface area contributed by atoms with Crippen LogP contribution in [-0.4, -0.2) is 28.4 Å². The molecule has 0 fully saturated rings. The van der Waals surface area contributed by atoms with Gasteiger partial charge in [-0.2, -0.15) is 13.2 Å². The van der Waals surface area contributed by atoms with Crippen LogP contribution in [0.1, 0.15) is 17.0 Å². The topological polar surface area (TPSA) is 102 Å². The Morgan fingerprint density at radius 2 is 1.91 bits per heavy atom. The highest BCUT2D eigenvalue weighted by Gasteiger charge is 2.38. The van der Waals surface area contributed by atoms with Crippen molar-refractivity contribution < 1.29 is 21.6 Å². The summed E-state index contributed by atoms with van der Waals surface area (Å²) in [7, 11) is -2.81. The number of pyridine rings is 1. The summed E-state index contributed by atoms with van der Waals surface area (Å²) in [4.78, 5) is 3.83. The summed E-state index contributed by atoms with van der Waals surface area (Å²) < 4.78 is 67.8. The van der Waals surface area contributed by atoms with Gasteiger partial charge in [-0.15, -0.1) is 5.10 Å². The van der Waals surface area contributed by atoms with E-state index in [9.17, 15) is 21.6 Å². The lowest BCUT2D eigenvalue weighted by molar-refractivity contribution is -0.144. The highest BCUT2D eigenvalue weighted by Crippen LogP contribution is 2.31. The first-order valence-electron chi connectivity index (χ1n) is 8.67. The lowest BCUT2D eigenvalue weighted by Crippen LogP contribution is -2.23. The first-order valence-corrected chi connectivity index (χ1v) is 11.7. The van der Waals surface area contributed by atoms with Gasteiger partial charge in [-0.1, -0.05) is 34.5 Å². The Hall–Kier alpha value is -1.93. The monoisotopic (exact) mass is 572 g/mol. The van der Waals surface area contributed by atoms with Crippen molar-refractivity contribution in [2.45, 2.75) is 24.2 Å². The molecule has 8 nitrogen and oxygen atoms in total. The molecule has 0 radical (unpaired) electrons. The lowest BCUT2D eigenvalue weighted by atomic mass is 10.2. The van der Waals surface area contributed by atoms with Gasteiger partial charge in [-0.3, -0.25) is 0 Å². The summed E-state index contributed by atoms with van der Waals surface area (Å²) in [5, 5.41) is 10.3. The molecule has 2 aromatic heterocycles. The number of anilines is 1. The van der Waals surface area contributed by atoms with Crippen LogP contribution in [0.2, 0.25) is 10.0 Å². The molecule has 0 bridgehead atoms. The van der Waals surface area contributed by atoms with Crippen LogP contribution in [0.5, 0.6) is 0 Å². The average molecular weight is 574 g/mol. The zero-order valence-electron chi connectivity index (χ0n) is 16.1. The summed E-state index contributed by atoms with van der Waals surface area (Å²) in [6.45, 7) is -0.406. The Balaban J connectivity index is 1.72. The van der Waals surface area contributed by atoms with Crippen molar-refractivity contribution in [1.82, 2.24) is 24.7 Å². The lowest BCUT2D eigenvalue weighted by Gasteiger charge is -2.12. The van der Waals surface area contributed by atoms with Crippen LogP contribution in [0.4, 0.5) is 19.0 Å². The second-order valence-corrected chi connectivity index (χ2v) is 9.89. The van der Waals surface area contributed by atoms with Gasteiger partial charge in [0.2, 0.25) is 10.0 Å². The molecule has 3 aromatic rings. The fourth-order valence-corrected chi connectivity index (χ4v) is 4.74. The first kappa shape index (κ1) is 24.7. The fourth-order valence-electron chi connectivity index (χ4n) is 2.65. The molecule has 0 aliphatic rings.